The molecule has 0 radical (unpaired) electrons. The van der Waals surface area contributed by atoms with E-state index in [4.69, 9.17) is 32.5 Å². The number of nitrogens with zero attached hydrogens (tertiary/aromatic N) is 12. The van der Waals surface area contributed by atoms with Crippen molar-refractivity contribution >= 4 is 68.3 Å². The van der Waals surface area contributed by atoms with Crippen LogP contribution in [0, 0.1) is 20.8 Å². The van der Waals surface area contributed by atoms with Crippen LogP contribution in [-0.2, 0) is 25.2 Å². The van der Waals surface area contributed by atoms with Crippen molar-refractivity contribution < 1.29 is 19.5 Å². The predicted molar refractivity (Wildman–Crippen MR) is 378 cm³/mol. The normalized spacial score (nSPS) is 15.0. The number of aliphatic hydroxyl groups is 1. The second-order valence-electron chi connectivity index (χ2n) is 25.2. The Labute approximate surface area is 560 Å². The lowest BCUT2D eigenvalue weighted by molar-refractivity contribution is 0.0942. The number of hydrogen-bond acceptors (Lipinski definition) is 16. The number of anilines is 3. The van der Waals surface area contributed by atoms with Gasteiger partial charge in [0.15, 0.2) is 16.9 Å². The molecule has 3 atom stereocenters. The standard InChI is InChI=1S/C26H26N6O.C25H24N6O2.C24H26N6O/c1-17-7-5-6-10-21(17)26(33)28-15-18-11-13-19(14-12-18)23-22-24(27)29-16-30-25(22)32(31-23)20-8-3-2-4-9-20;1-15-4-2-3-5-20(15)25(33)27-13-16-6-8-17(9-7-16)22-21-23(26)28-14-29-24(21)31(30-22)18-10-11-19(32)12-18;1-15-7-5-6-8-18(15)23(31)26-13-16-9-11-17(12-10-16)20-19-21(25)27-14-28-22(19)30(29-20)24(2,3)4/h3,5-8,10-14,16,20H,2,4,9,15H2,1H3,(H,28,33)(H2,27,29,30);2-11,14,18-19,32H,12-13H2,1H3,(H,27,33)(H2,26,28,29);5-12,14H,13H2,1-4H3,(H,26,31)(H2,25,27,28). The molecule has 97 heavy (non-hydrogen) atoms. The molecule has 0 aliphatic heterocycles. The summed E-state index contributed by atoms with van der Waals surface area (Å²) in [5, 5.41) is 35.6. The van der Waals surface area contributed by atoms with Crippen molar-refractivity contribution in [3.05, 3.63) is 239 Å². The summed E-state index contributed by atoms with van der Waals surface area (Å²) >= 11 is 0. The number of allylic oxidation sites excluding steroid dienone is 3. The molecule has 3 amide bonds. The highest BCUT2D eigenvalue weighted by Gasteiger charge is 2.28. The second-order valence-corrected chi connectivity index (χ2v) is 25.2. The molecule has 12 aromatic rings. The van der Waals surface area contributed by atoms with Crippen molar-refractivity contribution in [3.63, 3.8) is 0 Å². The largest absolute Gasteiger partial charge is 0.389 e. The van der Waals surface area contributed by atoms with E-state index in [1.807, 2.05) is 182 Å². The average molecular weight is 1290 g/mol. The van der Waals surface area contributed by atoms with Crippen LogP contribution in [0.15, 0.2) is 189 Å². The van der Waals surface area contributed by atoms with E-state index in [-0.39, 0.29) is 35.3 Å². The van der Waals surface area contributed by atoms with Gasteiger partial charge in [0.2, 0.25) is 0 Å². The molecule has 6 aromatic heterocycles. The molecule has 6 aromatic carbocycles. The van der Waals surface area contributed by atoms with Gasteiger partial charge in [0.05, 0.1) is 39.9 Å². The smallest absolute Gasteiger partial charge is 0.251 e. The van der Waals surface area contributed by atoms with Crippen LogP contribution in [0.4, 0.5) is 17.5 Å². The highest BCUT2D eigenvalue weighted by atomic mass is 16.3. The first-order valence-electron chi connectivity index (χ1n) is 32.2. The Morgan fingerprint density at radius 1 is 0.474 bits per heavy atom. The maximum atomic E-state index is 12.5. The van der Waals surface area contributed by atoms with Gasteiger partial charge in [-0.2, -0.15) is 15.3 Å². The zero-order valence-electron chi connectivity index (χ0n) is 54.9. The molecule has 3 unspecified atom stereocenters. The number of nitrogens with two attached hydrogens (primary N) is 3. The molecule has 0 fully saturated rings. The van der Waals surface area contributed by atoms with Crippen LogP contribution < -0.4 is 33.2 Å². The Morgan fingerprint density at radius 2 is 0.845 bits per heavy atom. The third kappa shape index (κ3) is 14.3. The summed E-state index contributed by atoms with van der Waals surface area (Å²) in [4.78, 5) is 63.3. The number of nitrogen functional groups attached to an aromatic ring is 3. The van der Waals surface area contributed by atoms with Gasteiger partial charge in [0.25, 0.3) is 17.7 Å². The molecular formula is C75H76N18O4. The lowest BCUT2D eigenvalue weighted by atomic mass is 10.0. The molecule has 6 heterocycles. The van der Waals surface area contributed by atoms with Crippen molar-refractivity contribution in [1.82, 2.24) is 75.2 Å². The number of benzene rings is 6. The first-order valence-corrected chi connectivity index (χ1v) is 32.2. The molecule has 0 bridgehead atoms. The Bertz CT molecular complexity index is 4930. The number of carbonyl (C=O) groups excluding carboxylic acids is 3. The summed E-state index contributed by atoms with van der Waals surface area (Å²) in [5.41, 5.74) is 33.3. The van der Waals surface area contributed by atoms with Gasteiger partial charge in [-0.15, -0.1) is 0 Å². The van der Waals surface area contributed by atoms with E-state index in [2.05, 4.69) is 78.8 Å². The Kier molecular flexibility index (Phi) is 19.1. The number of aliphatic hydroxyl groups excluding tert-OH is 1. The zero-order valence-corrected chi connectivity index (χ0v) is 54.9. The monoisotopic (exact) mass is 1290 g/mol. The van der Waals surface area contributed by atoms with Crippen LogP contribution in [-0.4, -0.2) is 88.2 Å². The minimum Gasteiger partial charge on any atom is -0.389 e. The summed E-state index contributed by atoms with van der Waals surface area (Å²) in [6, 6.07) is 46.5. The van der Waals surface area contributed by atoms with E-state index < -0.39 is 6.10 Å². The van der Waals surface area contributed by atoms with Crippen LogP contribution in [0.3, 0.4) is 0 Å². The van der Waals surface area contributed by atoms with E-state index in [0.717, 1.165) is 97.1 Å². The number of hydrogen-bond donors (Lipinski definition) is 7. The maximum Gasteiger partial charge on any atom is 0.251 e. The molecule has 2 aliphatic carbocycles. The number of aromatic nitrogens is 12. The number of amides is 3. The minimum atomic E-state index is -0.494. The van der Waals surface area contributed by atoms with Crippen LogP contribution in [0.1, 0.15) is 123 Å². The number of aryl methyl sites for hydroxylation is 3. The fourth-order valence-electron chi connectivity index (χ4n) is 12.0. The van der Waals surface area contributed by atoms with E-state index >= 15 is 0 Å². The van der Waals surface area contributed by atoms with E-state index in [1.54, 1.807) is 10.8 Å². The molecule has 14 rings (SSSR count). The van der Waals surface area contributed by atoms with Gasteiger partial charge in [-0.3, -0.25) is 14.4 Å². The fraction of sp³-hybridized carbons (Fsp3) is 0.227. The van der Waals surface area contributed by atoms with E-state index in [0.29, 0.717) is 82.6 Å². The average Bonchev–Trinajstić information content (AvgIpc) is 1.63. The van der Waals surface area contributed by atoms with Gasteiger partial charge in [0.1, 0.15) is 53.5 Å². The van der Waals surface area contributed by atoms with Crippen molar-refractivity contribution in [2.24, 2.45) is 0 Å². The van der Waals surface area contributed by atoms with Gasteiger partial charge in [-0.25, -0.2) is 43.9 Å². The Balaban J connectivity index is 0.000000139. The first-order chi connectivity index (χ1) is 46.9. The molecule has 22 heteroatoms. The predicted octanol–water partition coefficient (Wildman–Crippen LogP) is 11.8. The maximum absolute atomic E-state index is 12.5. The molecule has 10 N–H and O–H groups in total. The number of rotatable bonds is 14. The van der Waals surface area contributed by atoms with Crippen LogP contribution >= 0.6 is 0 Å². The summed E-state index contributed by atoms with van der Waals surface area (Å²) in [5.74, 6) is 0.937. The third-order valence-corrected chi connectivity index (χ3v) is 17.3. The molecule has 22 nitrogen and oxygen atoms in total. The summed E-state index contributed by atoms with van der Waals surface area (Å²) in [6.07, 6.45) is 15.8. The van der Waals surface area contributed by atoms with Gasteiger partial charge >= 0.3 is 0 Å². The highest BCUT2D eigenvalue weighted by molar-refractivity contribution is 6.01. The van der Waals surface area contributed by atoms with E-state index in [9.17, 15) is 19.5 Å². The number of nitrogens with one attached hydrogen (secondary N) is 3. The van der Waals surface area contributed by atoms with Crippen LogP contribution in [0.5, 0.6) is 0 Å². The van der Waals surface area contributed by atoms with Gasteiger partial charge in [-0.1, -0.05) is 152 Å². The first kappa shape index (κ1) is 65.3. The molecule has 0 saturated heterocycles. The van der Waals surface area contributed by atoms with Crippen LogP contribution in [0.25, 0.3) is 66.9 Å². The Hall–Kier alpha value is -11.8. The van der Waals surface area contributed by atoms with Gasteiger partial charge in [0, 0.05) is 59.4 Å². The minimum absolute atomic E-state index is 0.0765. The number of fused-ring (bicyclic) bond motifs is 3. The Morgan fingerprint density at radius 3 is 1.21 bits per heavy atom. The lowest BCUT2D eigenvalue weighted by Gasteiger charge is -2.19. The van der Waals surface area contributed by atoms with Crippen LogP contribution in [0.2, 0.25) is 0 Å². The summed E-state index contributed by atoms with van der Waals surface area (Å²) < 4.78 is 5.65. The van der Waals surface area contributed by atoms with Crippen molar-refractivity contribution in [1.29, 1.82) is 0 Å². The van der Waals surface area contributed by atoms with Crippen molar-refractivity contribution in [3.8, 4) is 33.8 Å². The molecule has 0 spiro atoms. The van der Waals surface area contributed by atoms with E-state index in [1.165, 1.54) is 19.0 Å². The van der Waals surface area contributed by atoms with Gasteiger partial charge in [-0.05, 0) is 112 Å². The van der Waals surface area contributed by atoms with Crippen molar-refractivity contribution in [2.75, 3.05) is 17.2 Å². The number of carbonyl (C=O) groups is 3. The highest BCUT2D eigenvalue weighted by Crippen LogP contribution is 2.37. The summed E-state index contributed by atoms with van der Waals surface area (Å²) in [6.45, 7) is 13.3. The molecule has 2 aliphatic rings. The van der Waals surface area contributed by atoms with Gasteiger partial charge < -0.3 is 38.3 Å². The second kappa shape index (κ2) is 28.4. The SMILES string of the molecule is Cc1ccccc1C(=O)NCc1ccc(-c2nn(C(C)(C)C)c3ncnc(N)c23)cc1.Cc1ccccc1C(=O)NCc1ccc(-c2nn(C3C=CC(O)C3)c3ncnc(N)c23)cc1.Cc1ccccc1C(=O)NCc1ccc(-c2nn(C3C=CCCC3)c3ncnc(N)c23)cc1. The molecule has 490 valence electrons. The lowest BCUT2D eigenvalue weighted by Crippen LogP contribution is -2.23. The summed E-state index contributed by atoms with van der Waals surface area (Å²) in [7, 11) is 0. The molecule has 0 saturated carbocycles. The zero-order chi connectivity index (χ0) is 67.9. The topological polar surface area (TPSA) is 316 Å². The van der Waals surface area contributed by atoms with Crippen molar-refractivity contribution in [2.45, 2.75) is 111 Å². The fourth-order valence-corrected chi connectivity index (χ4v) is 12.0. The third-order valence-electron chi connectivity index (χ3n) is 17.3. The molecular weight excluding hydrogens is 1220 g/mol. The quantitative estimate of drug-likeness (QED) is 0.0498.